The lowest BCUT2D eigenvalue weighted by atomic mass is 10.3. The summed E-state index contributed by atoms with van der Waals surface area (Å²) in [5.74, 6) is 0.599. The molecule has 3 aromatic rings. The Morgan fingerprint density at radius 1 is 1.37 bits per heavy atom. The van der Waals surface area contributed by atoms with E-state index in [4.69, 9.17) is 5.26 Å². The monoisotopic (exact) mass is 252 g/mol. The molecule has 0 amide bonds. The van der Waals surface area contributed by atoms with Crippen molar-refractivity contribution in [3.05, 3.63) is 46.4 Å². The van der Waals surface area contributed by atoms with Gasteiger partial charge in [0.15, 0.2) is 0 Å². The number of para-hydroxylation sites is 2. The average molecular weight is 252 g/mol. The summed E-state index contributed by atoms with van der Waals surface area (Å²) in [5.41, 5.74) is 2.32. The molecule has 0 aliphatic rings. The van der Waals surface area contributed by atoms with E-state index in [0.29, 0.717) is 18.7 Å². The molecular formula is C14H12N4O. The van der Waals surface area contributed by atoms with Crippen molar-refractivity contribution in [2.24, 2.45) is 0 Å². The van der Waals surface area contributed by atoms with Gasteiger partial charge in [0.1, 0.15) is 0 Å². The summed E-state index contributed by atoms with van der Waals surface area (Å²) in [6.45, 7) is 2.40. The fraction of sp³-hybridized carbons (Fsp3) is 0.214. The van der Waals surface area contributed by atoms with Crippen molar-refractivity contribution in [1.29, 1.82) is 5.26 Å². The van der Waals surface area contributed by atoms with Crippen molar-refractivity contribution in [1.82, 2.24) is 14.0 Å². The van der Waals surface area contributed by atoms with E-state index in [1.807, 2.05) is 35.8 Å². The minimum Gasteiger partial charge on any atom is -0.314 e. The predicted molar refractivity (Wildman–Crippen MR) is 71.9 cm³/mol. The Hall–Kier alpha value is -2.61. The van der Waals surface area contributed by atoms with Crippen LogP contribution in [0, 0.1) is 18.3 Å². The number of nitriles is 1. The first kappa shape index (κ1) is 11.5. The Balaban J connectivity index is 2.44. The van der Waals surface area contributed by atoms with Crippen LogP contribution in [0.2, 0.25) is 0 Å². The van der Waals surface area contributed by atoms with Gasteiger partial charge in [-0.25, -0.2) is 9.38 Å². The van der Waals surface area contributed by atoms with Gasteiger partial charge in [0.25, 0.3) is 5.56 Å². The third-order valence-corrected chi connectivity index (χ3v) is 3.21. The van der Waals surface area contributed by atoms with Gasteiger partial charge in [-0.1, -0.05) is 12.1 Å². The summed E-state index contributed by atoms with van der Waals surface area (Å²) >= 11 is 0. The van der Waals surface area contributed by atoms with E-state index in [9.17, 15) is 4.79 Å². The molecule has 0 radical (unpaired) electrons. The van der Waals surface area contributed by atoms with Crippen LogP contribution in [0.25, 0.3) is 16.8 Å². The number of fused-ring (bicyclic) bond motifs is 3. The highest BCUT2D eigenvalue weighted by Crippen LogP contribution is 2.15. The smallest absolute Gasteiger partial charge is 0.259 e. The maximum absolute atomic E-state index is 12.1. The molecule has 3 rings (SSSR count). The summed E-state index contributed by atoms with van der Waals surface area (Å²) in [4.78, 5) is 16.7. The SMILES string of the molecule is Cc1cc(=O)n2c3ccccc3nc2n1CCC#N. The maximum atomic E-state index is 12.1. The highest BCUT2D eigenvalue weighted by Gasteiger charge is 2.11. The predicted octanol–water partition coefficient (Wildman–Crippen LogP) is 1.87. The van der Waals surface area contributed by atoms with Gasteiger partial charge in [-0.15, -0.1) is 0 Å². The van der Waals surface area contributed by atoms with Crippen LogP contribution >= 0.6 is 0 Å². The zero-order valence-corrected chi connectivity index (χ0v) is 10.5. The number of rotatable bonds is 2. The van der Waals surface area contributed by atoms with E-state index >= 15 is 0 Å². The van der Waals surface area contributed by atoms with Gasteiger partial charge in [0, 0.05) is 18.3 Å². The average Bonchev–Trinajstić information content (AvgIpc) is 2.78. The highest BCUT2D eigenvalue weighted by molar-refractivity contribution is 5.79. The largest absolute Gasteiger partial charge is 0.314 e. The molecule has 0 spiro atoms. The molecule has 0 saturated carbocycles. The number of benzene rings is 1. The molecule has 5 heteroatoms. The number of hydrogen-bond acceptors (Lipinski definition) is 3. The van der Waals surface area contributed by atoms with Crippen LogP contribution in [0.4, 0.5) is 0 Å². The zero-order chi connectivity index (χ0) is 13.4. The number of aryl methyl sites for hydroxylation is 2. The van der Waals surface area contributed by atoms with E-state index in [1.165, 1.54) is 0 Å². The van der Waals surface area contributed by atoms with Gasteiger partial charge in [0.2, 0.25) is 5.78 Å². The van der Waals surface area contributed by atoms with Gasteiger partial charge in [-0.05, 0) is 19.1 Å². The van der Waals surface area contributed by atoms with Crippen LogP contribution in [-0.2, 0) is 6.54 Å². The van der Waals surface area contributed by atoms with Crippen LogP contribution < -0.4 is 5.56 Å². The molecule has 0 aliphatic heterocycles. The Morgan fingerprint density at radius 2 is 2.16 bits per heavy atom. The van der Waals surface area contributed by atoms with Crippen molar-refractivity contribution in [3.8, 4) is 6.07 Å². The Morgan fingerprint density at radius 3 is 2.95 bits per heavy atom. The molecule has 19 heavy (non-hydrogen) atoms. The lowest BCUT2D eigenvalue weighted by Gasteiger charge is -2.09. The standard InChI is InChI=1S/C14H12N4O/c1-10-9-13(19)18-12-6-3-2-5-11(12)16-14(18)17(10)8-4-7-15/h2-3,5-6,9H,4,8H2,1H3. The number of nitrogens with zero attached hydrogens (tertiary/aromatic N) is 4. The first-order chi connectivity index (χ1) is 9.22. The maximum Gasteiger partial charge on any atom is 0.259 e. The minimum absolute atomic E-state index is 0.0885. The molecule has 0 bridgehead atoms. The van der Waals surface area contributed by atoms with Crippen LogP contribution in [0.5, 0.6) is 0 Å². The second kappa shape index (κ2) is 4.25. The molecule has 0 atom stereocenters. The van der Waals surface area contributed by atoms with Crippen molar-refractivity contribution >= 4 is 16.8 Å². The number of hydrogen-bond donors (Lipinski definition) is 0. The molecular weight excluding hydrogens is 240 g/mol. The molecule has 2 heterocycles. The molecule has 0 fully saturated rings. The zero-order valence-electron chi connectivity index (χ0n) is 10.5. The van der Waals surface area contributed by atoms with Crippen LogP contribution in [-0.4, -0.2) is 14.0 Å². The fourth-order valence-electron chi connectivity index (χ4n) is 2.33. The minimum atomic E-state index is -0.0885. The quantitative estimate of drug-likeness (QED) is 0.699. The van der Waals surface area contributed by atoms with Crippen molar-refractivity contribution in [2.75, 3.05) is 0 Å². The summed E-state index contributed by atoms with van der Waals surface area (Å²) in [5, 5.41) is 8.73. The van der Waals surface area contributed by atoms with Crippen LogP contribution in [0.1, 0.15) is 12.1 Å². The molecule has 2 aromatic heterocycles. The lowest BCUT2D eigenvalue weighted by Crippen LogP contribution is -2.19. The van der Waals surface area contributed by atoms with E-state index in [-0.39, 0.29) is 5.56 Å². The summed E-state index contributed by atoms with van der Waals surface area (Å²) in [6.07, 6.45) is 0.391. The lowest BCUT2D eigenvalue weighted by molar-refractivity contribution is 0.686. The first-order valence-electron chi connectivity index (χ1n) is 6.07. The Labute approximate surface area is 109 Å². The third-order valence-electron chi connectivity index (χ3n) is 3.21. The second-order valence-electron chi connectivity index (χ2n) is 4.42. The van der Waals surface area contributed by atoms with Gasteiger partial charge >= 0.3 is 0 Å². The van der Waals surface area contributed by atoms with E-state index in [2.05, 4.69) is 11.1 Å². The van der Waals surface area contributed by atoms with Gasteiger partial charge in [-0.2, -0.15) is 5.26 Å². The van der Waals surface area contributed by atoms with Crippen molar-refractivity contribution < 1.29 is 0 Å². The van der Waals surface area contributed by atoms with Crippen molar-refractivity contribution in [2.45, 2.75) is 19.9 Å². The van der Waals surface area contributed by atoms with E-state index in [0.717, 1.165) is 16.7 Å². The first-order valence-corrected chi connectivity index (χ1v) is 6.07. The molecule has 1 aromatic carbocycles. The fourth-order valence-corrected chi connectivity index (χ4v) is 2.33. The van der Waals surface area contributed by atoms with Crippen molar-refractivity contribution in [3.63, 3.8) is 0 Å². The topological polar surface area (TPSA) is 63.1 Å². The summed E-state index contributed by atoms with van der Waals surface area (Å²) < 4.78 is 3.50. The van der Waals surface area contributed by atoms with Crippen LogP contribution in [0.15, 0.2) is 35.1 Å². The molecule has 0 N–H and O–H groups in total. The van der Waals surface area contributed by atoms with E-state index in [1.54, 1.807) is 10.5 Å². The van der Waals surface area contributed by atoms with Gasteiger partial charge in [0.05, 0.1) is 23.5 Å². The Bertz CT molecular complexity index is 867. The molecule has 0 saturated heterocycles. The third kappa shape index (κ3) is 1.69. The summed E-state index contributed by atoms with van der Waals surface area (Å²) in [6, 6.07) is 11.2. The normalized spacial score (nSPS) is 10.9. The van der Waals surface area contributed by atoms with Gasteiger partial charge < -0.3 is 4.57 Å². The molecule has 0 aliphatic carbocycles. The summed E-state index contributed by atoms with van der Waals surface area (Å²) in [7, 11) is 0. The number of aromatic nitrogens is 3. The van der Waals surface area contributed by atoms with Crippen LogP contribution in [0.3, 0.4) is 0 Å². The highest BCUT2D eigenvalue weighted by atomic mass is 16.1. The molecule has 0 unspecified atom stereocenters. The number of imidazole rings is 1. The molecule has 94 valence electrons. The second-order valence-corrected chi connectivity index (χ2v) is 4.42. The molecule has 5 nitrogen and oxygen atoms in total. The Kier molecular flexibility index (Phi) is 2.57. The van der Waals surface area contributed by atoms with Gasteiger partial charge in [-0.3, -0.25) is 4.79 Å². The van der Waals surface area contributed by atoms with E-state index < -0.39 is 0 Å².